The van der Waals surface area contributed by atoms with Gasteiger partial charge in [-0.2, -0.15) is 4.31 Å². The standard InChI is InChI=1S/C30H37N3O8S2/c1-20-9-13-24(14-10-20)42(36,37)31-27-8-6-7-26-29(27)41-28(21(2)17-33(30(26)35)22(3)19-34)18-32(4)43(38,39)25-15-11-23(40-5)12-16-25/h6-16,21-22,28,31,34H,17-19H2,1-5H3/t21-,22-,28-/m1/s1. The number of para-hydroxylation sites is 1. The molecule has 0 aliphatic carbocycles. The average molecular weight is 632 g/mol. The number of aliphatic hydroxyl groups excluding tert-OH is 1. The molecule has 13 heteroatoms. The number of rotatable bonds is 10. The second kappa shape index (κ2) is 12.9. The van der Waals surface area contributed by atoms with Gasteiger partial charge in [-0.05, 0) is 62.4 Å². The summed E-state index contributed by atoms with van der Waals surface area (Å²) in [5.74, 6) is -0.373. The topological polar surface area (TPSA) is 143 Å². The van der Waals surface area contributed by atoms with E-state index in [4.69, 9.17) is 9.47 Å². The number of likely N-dealkylation sites (N-methyl/N-ethyl adjacent to an activating group) is 1. The fourth-order valence-electron chi connectivity index (χ4n) is 4.74. The molecule has 11 nitrogen and oxygen atoms in total. The van der Waals surface area contributed by atoms with Gasteiger partial charge in [0.1, 0.15) is 11.9 Å². The number of hydrogen-bond donors (Lipinski definition) is 2. The first-order valence-corrected chi connectivity index (χ1v) is 16.6. The first kappa shape index (κ1) is 32.3. The lowest BCUT2D eigenvalue weighted by Crippen LogP contribution is -2.50. The monoisotopic (exact) mass is 631 g/mol. The van der Waals surface area contributed by atoms with Gasteiger partial charge in [-0.3, -0.25) is 9.52 Å². The van der Waals surface area contributed by atoms with Crippen molar-refractivity contribution >= 4 is 31.6 Å². The zero-order valence-corrected chi connectivity index (χ0v) is 26.4. The number of sulfonamides is 2. The van der Waals surface area contributed by atoms with Crippen LogP contribution in [-0.4, -0.2) is 83.1 Å². The van der Waals surface area contributed by atoms with Gasteiger partial charge in [0, 0.05) is 19.5 Å². The van der Waals surface area contributed by atoms with Crippen molar-refractivity contribution in [1.29, 1.82) is 0 Å². The molecule has 0 saturated heterocycles. The Morgan fingerprint density at radius 2 is 1.67 bits per heavy atom. The molecule has 0 fully saturated rings. The van der Waals surface area contributed by atoms with Gasteiger partial charge in [-0.1, -0.05) is 30.7 Å². The van der Waals surface area contributed by atoms with E-state index in [0.717, 1.165) is 9.87 Å². The Bertz CT molecular complexity index is 1660. The van der Waals surface area contributed by atoms with Crippen molar-refractivity contribution in [3.05, 3.63) is 77.9 Å². The Balaban J connectivity index is 1.74. The predicted octanol–water partition coefficient (Wildman–Crippen LogP) is 3.35. The molecule has 1 aliphatic rings. The Morgan fingerprint density at radius 1 is 1.05 bits per heavy atom. The van der Waals surface area contributed by atoms with Crippen LogP contribution >= 0.6 is 0 Å². The first-order chi connectivity index (χ1) is 20.3. The summed E-state index contributed by atoms with van der Waals surface area (Å²) in [6.07, 6.45) is -0.803. The highest BCUT2D eigenvalue weighted by atomic mass is 32.2. The van der Waals surface area contributed by atoms with Crippen molar-refractivity contribution < 1.29 is 36.2 Å². The van der Waals surface area contributed by atoms with Gasteiger partial charge in [0.05, 0.1) is 47.3 Å². The van der Waals surface area contributed by atoms with Crippen LogP contribution in [0.5, 0.6) is 11.5 Å². The largest absolute Gasteiger partial charge is 0.497 e. The number of amides is 1. The molecule has 4 rings (SSSR count). The number of nitrogens with one attached hydrogen (secondary N) is 1. The SMILES string of the molecule is COc1ccc(S(=O)(=O)N(C)C[C@H]2Oc3c(NS(=O)(=O)c4ccc(C)cc4)cccc3C(=O)N([C@H](C)CO)C[C@H]2C)cc1. The van der Waals surface area contributed by atoms with E-state index in [1.165, 1.54) is 61.5 Å². The molecule has 232 valence electrons. The van der Waals surface area contributed by atoms with Crippen LogP contribution in [0.3, 0.4) is 0 Å². The number of aliphatic hydroxyl groups is 1. The zero-order chi connectivity index (χ0) is 31.5. The fourth-order valence-corrected chi connectivity index (χ4v) is 6.99. The van der Waals surface area contributed by atoms with E-state index in [9.17, 15) is 26.7 Å². The summed E-state index contributed by atoms with van der Waals surface area (Å²) < 4.78 is 68.8. The summed E-state index contributed by atoms with van der Waals surface area (Å²) in [6.45, 7) is 5.11. The van der Waals surface area contributed by atoms with E-state index in [2.05, 4.69) is 4.72 Å². The number of nitrogens with zero attached hydrogens (tertiary/aromatic N) is 2. The van der Waals surface area contributed by atoms with Crippen LogP contribution in [0, 0.1) is 12.8 Å². The van der Waals surface area contributed by atoms with Crippen molar-refractivity contribution in [2.24, 2.45) is 5.92 Å². The molecule has 2 N–H and O–H groups in total. The lowest BCUT2D eigenvalue weighted by Gasteiger charge is -2.38. The van der Waals surface area contributed by atoms with Gasteiger partial charge >= 0.3 is 0 Å². The lowest BCUT2D eigenvalue weighted by molar-refractivity contribution is 0.0389. The molecule has 3 atom stereocenters. The quantitative estimate of drug-likeness (QED) is 0.347. The van der Waals surface area contributed by atoms with Crippen molar-refractivity contribution in [2.75, 3.05) is 38.6 Å². The van der Waals surface area contributed by atoms with Crippen molar-refractivity contribution in [3.8, 4) is 11.5 Å². The predicted molar refractivity (Wildman–Crippen MR) is 162 cm³/mol. The number of aryl methyl sites for hydroxylation is 1. The van der Waals surface area contributed by atoms with E-state index in [-0.39, 0.29) is 46.5 Å². The van der Waals surface area contributed by atoms with E-state index in [0.29, 0.717) is 5.75 Å². The molecule has 3 aromatic rings. The number of carbonyl (C=O) groups is 1. The average Bonchev–Trinajstić information content (AvgIpc) is 2.98. The van der Waals surface area contributed by atoms with Crippen LogP contribution in [0.1, 0.15) is 29.8 Å². The van der Waals surface area contributed by atoms with Crippen LogP contribution in [0.25, 0.3) is 0 Å². The lowest BCUT2D eigenvalue weighted by atomic mass is 9.99. The highest BCUT2D eigenvalue weighted by Crippen LogP contribution is 2.36. The molecule has 0 radical (unpaired) electrons. The second-order valence-electron chi connectivity index (χ2n) is 10.7. The molecule has 3 aromatic carbocycles. The third-order valence-electron chi connectivity index (χ3n) is 7.47. The molecule has 0 aromatic heterocycles. The number of fused-ring (bicyclic) bond motifs is 1. The maximum absolute atomic E-state index is 13.7. The fraction of sp³-hybridized carbons (Fsp3) is 0.367. The molecule has 1 heterocycles. The number of methoxy groups -OCH3 is 1. The van der Waals surface area contributed by atoms with Gasteiger partial charge in [-0.25, -0.2) is 16.8 Å². The second-order valence-corrected chi connectivity index (χ2v) is 14.4. The number of anilines is 1. The third kappa shape index (κ3) is 6.96. The van der Waals surface area contributed by atoms with E-state index < -0.39 is 44.0 Å². The summed E-state index contributed by atoms with van der Waals surface area (Å²) >= 11 is 0. The summed E-state index contributed by atoms with van der Waals surface area (Å²) in [6, 6.07) is 16.3. The minimum absolute atomic E-state index is 0.0230. The molecule has 1 amide bonds. The Labute approximate surface area is 253 Å². The van der Waals surface area contributed by atoms with Gasteiger partial charge in [0.2, 0.25) is 10.0 Å². The van der Waals surface area contributed by atoms with Crippen LogP contribution in [0.4, 0.5) is 5.69 Å². The maximum atomic E-state index is 13.7. The van der Waals surface area contributed by atoms with Crippen LogP contribution in [-0.2, 0) is 20.0 Å². The summed E-state index contributed by atoms with van der Waals surface area (Å²) in [5, 5.41) is 9.92. The Morgan fingerprint density at radius 3 is 2.28 bits per heavy atom. The minimum Gasteiger partial charge on any atom is -0.497 e. The molecular weight excluding hydrogens is 594 g/mol. The summed E-state index contributed by atoms with van der Waals surface area (Å²) in [4.78, 5) is 15.3. The van der Waals surface area contributed by atoms with Gasteiger partial charge < -0.3 is 19.5 Å². The van der Waals surface area contributed by atoms with Crippen molar-refractivity contribution in [2.45, 2.75) is 42.7 Å². The minimum atomic E-state index is -4.07. The molecule has 0 saturated carbocycles. The Kier molecular flexibility index (Phi) is 9.70. The van der Waals surface area contributed by atoms with Crippen molar-refractivity contribution in [1.82, 2.24) is 9.21 Å². The number of ether oxygens (including phenoxy) is 2. The van der Waals surface area contributed by atoms with E-state index >= 15 is 0 Å². The smallest absolute Gasteiger partial charge is 0.262 e. The molecule has 0 unspecified atom stereocenters. The Hall–Kier alpha value is -3.65. The van der Waals surface area contributed by atoms with E-state index in [1.807, 2.05) is 13.8 Å². The van der Waals surface area contributed by atoms with Gasteiger partial charge in [0.25, 0.3) is 15.9 Å². The zero-order valence-electron chi connectivity index (χ0n) is 24.7. The normalized spacial score (nSPS) is 18.3. The molecule has 0 spiro atoms. The third-order valence-corrected chi connectivity index (χ3v) is 10.7. The highest BCUT2D eigenvalue weighted by Gasteiger charge is 2.36. The number of hydrogen-bond acceptors (Lipinski definition) is 8. The molecule has 1 aliphatic heterocycles. The van der Waals surface area contributed by atoms with Crippen LogP contribution in [0.15, 0.2) is 76.5 Å². The van der Waals surface area contributed by atoms with Gasteiger partial charge in [0.15, 0.2) is 5.75 Å². The summed E-state index contributed by atoms with van der Waals surface area (Å²) in [7, 11) is -5.09. The maximum Gasteiger partial charge on any atom is 0.262 e. The number of benzene rings is 3. The van der Waals surface area contributed by atoms with E-state index in [1.54, 1.807) is 31.2 Å². The van der Waals surface area contributed by atoms with Gasteiger partial charge in [-0.15, -0.1) is 0 Å². The summed E-state index contributed by atoms with van der Waals surface area (Å²) in [5.41, 5.74) is 1.01. The van der Waals surface area contributed by atoms with Crippen LogP contribution < -0.4 is 14.2 Å². The molecule has 0 bridgehead atoms. The number of carbonyl (C=O) groups excluding carboxylic acids is 1. The first-order valence-electron chi connectivity index (χ1n) is 13.7. The molecule has 43 heavy (non-hydrogen) atoms. The van der Waals surface area contributed by atoms with Crippen LogP contribution in [0.2, 0.25) is 0 Å². The highest BCUT2D eigenvalue weighted by molar-refractivity contribution is 7.92. The molecular formula is C30H37N3O8S2. The van der Waals surface area contributed by atoms with Crippen molar-refractivity contribution in [3.63, 3.8) is 0 Å².